The third-order valence-electron chi connectivity index (χ3n) is 3.19. The van der Waals surface area contributed by atoms with Gasteiger partial charge in [0.2, 0.25) is 0 Å². The molecule has 0 aromatic heterocycles. The van der Waals surface area contributed by atoms with E-state index in [2.05, 4.69) is 0 Å². The van der Waals surface area contributed by atoms with Crippen LogP contribution in [-0.4, -0.2) is 24.5 Å². The van der Waals surface area contributed by atoms with Crippen molar-refractivity contribution in [3.05, 3.63) is 64.7 Å². The Labute approximate surface area is 114 Å². The van der Waals surface area contributed by atoms with Gasteiger partial charge in [-0.25, -0.2) is 0 Å². The van der Waals surface area contributed by atoms with Gasteiger partial charge in [0.1, 0.15) is 4.90 Å². The zero-order valence-corrected chi connectivity index (χ0v) is 10.8. The van der Waals surface area contributed by atoms with E-state index in [0.29, 0.717) is 0 Å². The third kappa shape index (κ3) is 1.70. The maximum Gasteiger partial charge on any atom is 0.295 e. The predicted octanol–water partition coefficient (Wildman–Crippen LogP) is 1.71. The molecular weight excluding hydrogens is 280 g/mol. The average molecular weight is 288 g/mol. The van der Waals surface area contributed by atoms with E-state index in [4.69, 9.17) is 0 Å². The molecule has 1 N–H and O–H groups in total. The van der Waals surface area contributed by atoms with Gasteiger partial charge in [0.15, 0.2) is 11.6 Å². The maximum absolute atomic E-state index is 12.4. The topological polar surface area (TPSA) is 88.5 Å². The van der Waals surface area contributed by atoms with Crippen molar-refractivity contribution in [3.63, 3.8) is 0 Å². The van der Waals surface area contributed by atoms with E-state index in [-0.39, 0.29) is 22.3 Å². The second-order valence-electron chi connectivity index (χ2n) is 4.36. The molecule has 0 bridgehead atoms. The van der Waals surface area contributed by atoms with Crippen LogP contribution in [0.5, 0.6) is 0 Å². The molecule has 0 unspecified atom stereocenters. The molecule has 100 valence electrons. The van der Waals surface area contributed by atoms with Crippen LogP contribution >= 0.6 is 0 Å². The lowest BCUT2D eigenvalue weighted by molar-refractivity contribution is 0.0976. The van der Waals surface area contributed by atoms with E-state index in [1.807, 2.05) is 0 Å². The summed E-state index contributed by atoms with van der Waals surface area (Å²) in [6.45, 7) is 0. The molecule has 5 nitrogen and oxygen atoms in total. The Morgan fingerprint density at radius 1 is 0.750 bits per heavy atom. The number of rotatable bonds is 1. The largest absolute Gasteiger partial charge is 0.295 e. The fourth-order valence-corrected chi connectivity index (χ4v) is 3.04. The zero-order chi connectivity index (χ0) is 14.5. The van der Waals surface area contributed by atoms with E-state index in [0.717, 1.165) is 6.07 Å². The molecular formula is C14H8O5S. The molecule has 0 radical (unpaired) electrons. The smallest absolute Gasteiger partial charge is 0.289 e. The molecule has 2 aromatic rings. The fourth-order valence-electron chi connectivity index (χ4n) is 2.33. The number of carbonyl (C=O) groups excluding carboxylic acids is 2. The quantitative estimate of drug-likeness (QED) is 0.689. The van der Waals surface area contributed by atoms with Gasteiger partial charge in [-0.2, -0.15) is 8.42 Å². The van der Waals surface area contributed by atoms with Crippen LogP contribution in [0.1, 0.15) is 31.8 Å². The fraction of sp³-hybridized carbons (Fsp3) is 0. The highest BCUT2D eigenvalue weighted by Crippen LogP contribution is 2.31. The first-order valence-corrected chi connectivity index (χ1v) is 7.14. The Morgan fingerprint density at radius 2 is 1.30 bits per heavy atom. The van der Waals surface area contributed by atoms with Crippen molar-refractivity contribution in [2.45, 2.75) is 4.90 Å². The minimum Gasteiger partial charge on any atom is -0.289 e. The Kier molecular flexibility index (Phi) is 2.60. The highest BCUT2D eigenvalue weighted by molar-refractivity contribution is 7.86. The zero-order valence-electron chi connectivity index (χ0n) is 10.0. The van der Waals surface area contributed by atoms with Crippen LogP contribution in [0, 0.1) is 0 Å². The highest BCUT2D eigenvalue weighted by Gasteiger charge is 2.33. The van der Waals surface area contributed by atoms with Crippen LogP contribution in [0.25, 0.3) is 0 Å². The molecule has 0 amide bonds. The van der Waals surface area contributed by atoms with E-state index >= 15 is 0 Å². The Bertz CT molecular complexity index is 865. The molecule has 0 saturated heterocycles. The molecule has 0 fully saturated rings. The number of benzene rings is 2. The summed E-state index contributed by atoms with van der Waals surface area (Å²) in [4.78, 5) is 24.2. The predicted molar refractivity (Wildman–Crippen MR) is 69.6 cm³/mol. The molecule has 1 aliphatic rings. The van der Waals surface area contributed by atoms with Crippen LogP contribution in [0.4, 0.5) is 0 Å². The summed E-state index contributed by atoms with van der Waals surface area (Å²) in [7, 11) is -4.58. The Morgan fingerprint density at radius 3 is 1.90 bits per heavy atom. The molecule has 3 rings (SSSR count). The van der Waals surface area contributed by atoms with Gasteiger partial charge in [-0.1, -0.05) is 36.4 Å². The van der Waals surface area contributed by atoms with Crippen molar-refractivity contribution < 1.29 is 22.6 Å². The van der Waals surface area contributed by atoms with E-state index < -0.39 is 26.6 Å². The van der Waals surface area contributed by atoms with Crippen molar-refractivity contribution in [1.29, 1.82) is 0 Å². The lowest BCUT2D eigenvalue weighted by Crippen LogP contribution is -2.23. The highest BCUT2D eigenvalue weighted by atomic mass is 32.2. The lowest BCUT2D eigenvalue weighted by atomic mass is 9.84. The molecule has 0 saturated carbocycles. The number of hydrogen-bond donors (Lipinski definition) is 1. The van der Waals surface area contributed by atoms with Crippen molar-refractivity contribution in [2.75, 3.05) is 0 Å². The second-order valence-corrected chi connectivity index (χ2v) is 5.75. The van der Waals surface area contributed by atoms with Gasteiger partial charge in [-0.05, 0) is 6.07 Å². The van der Waals surface area contributed by atoms with Crippen LogP contribution < -0.4 is 0 Å². The van der Waals surface area contributed by atoms with Crippen molar-refractivity contribution in [3.8, 4) is 0 Å². The summed E-state index contributed by atoms with van der Waals surface area (Å²) in [5, 5.41) is 0. The second kappa shape index (κ2) is 4.09. The molecule has 0 spiro atoms. The molecule has 20 heavy (non-hydrogen) atoms. The number of carbonyl (C=O) groups is 2. The minimum absolute atomic E-state index is 0.0103. The third-order valence-corrected chi connectivity index (χ3v) is 4.09. The van der Waals surface area contributed by atoms with E-state index in [1.165, 1.54) is 24.3 Å². The van der Waals surface area contributed by atoms with Gasteiger partial charge in [-0.15, -0.1) is 0 Å². The van der Waals surface area contributed by atoms with Crippen molar-refractivity contribution in [1.82, 2.24) is 0 Å². The van der Waals surface area contributed by atoms with Crippen LogP contribution in [0.3, 0.4) is 0 Å². The van der Waals surface area contributed by atoms with Crippen molar-refractivity contribution >= 4 is 21.7 Å². The van der Waals surface area contributed by atoms with Gasteiger partial charge in [0.05, 0.1) is 5.56 Å². The first-order valence-electron chi connectivity index (χ1n) is 5.70. The summed E-state index contributed by atoms with van der Waals surface area (Å²) >= 11 is 0. The molecule has 6 heteroatoms. The summed E-state index contributed by atoms with van der Waals surface area (Å²) in [6.07, 6.45) is 0. The standard InChI is InChI=1S/C14H8O5S/c15-13-8-4-1-2-5-9(8)14(16)12-10(13)6-3-7-11(12)20(17,18)19/h1-7H,(H,17,18,19). The summed E-state index contributed by atoms with van der Waals surface area (Å²) in [5.41, 5.74) is 0.0983. The van der Waals surface area contributed by atoms with Crippen LogP contribution in [0.15, 0.2) is 47.4 Å². The average Bonchev–Trinajstić information content (AvgIpc) is 2.43. The van der Waals surface area contributed by atoms with Gasteiger partial charge in [-0.3, -0.25) is 14.1 Å². The Balaban J connectivity index is 2.40. The molecule has 1 aliphatic carbocycles. The maximum atomic E-state index is 12.4. The first kappa shape index (κ1) is 12.7. The molecule has 0 heterocycles. The minimum atomic E-state index is -4.58. The van der Waals surface area contributed by atoms with Gasteiger partial charge in [0, 0.05) is 16.7 Å². The van der Waals surface area contributed by atoms with Crippen LogP contribution in [-0.2, 0) is 10.1 Å². The number of fused-ring (bicyclic) bond motifs is 2. The number of ketones is 2. The summed E-state index contributed by atoms with van der Waals surface area (Å²) in [6, 6.07) is 9.99. The molecule has 2 aromatic carbocycles. The van der Waals surface area contributed by atoms with E-state index in [9.17, 15) is 22.6 Å². The van der Waals surface area contributed by atoms with Gasteiger partial charge >= 0.3 is 0 Å². The monoisotopic (exact) mass is 288 g/mol. The number of hydrogen-bond acceptors (Lipinski definition) is 4. The van der Waals surface area contributed by atoms with Gasteiger partial charge < -0.3 is 0 Å². The molecule has 0 atom stereocenters. The van der Waals surface area contributed by atoms with Crippen molar-refractivity contribution in [2.24, 2.45) is 0 Å². The lowest BCUT2D eigenvalue weighted by Gasteiger charge is -2.18. The summed E-state index contributed by atoms with van der Waals surface area (Å²) < 4.78 is 31.9. The normalized spacial score (nSPS) is 13.8. The Hall–Kier alpha value is -2.31. The first-order chi connectivity index (χ1) is 9.41. The molecule has 0 aliphatic heterocycles. The SMILES string of the molecule is O=C1c2ccccc2C(=O)c2c1cccc2S(=O)(=O)O. The van der Waals surface area contributed by atoms with E-state index in [1.54, 1.807) is 12.1 Å². The summed E-state index contributed by atoms with van der Waals surface area (Å²) in [5.74, 6) is -1.01. The van der Waals surface area contributed by atoms with Crippen LogP contribution in [0.2, 0.25) is 0 Å². The van der Waals surface area contributed by atoms with Gasteiger partial charge in [0.25, 0.3) is 10.1 Å².